The number of nitrogens with zero attached hydrogens (tertiary/aromatic N) is 2. The van der Waals surface area contributed by atoms with E-state index in [0.717, 1.165) is 11.1 Å². The van der Waals surface area contributed by atoms with Gasteiger partial charge in [0, 0.05) is 12.6 Å². The number of amidine groups is 1. The molecule has 0 spiro atoms. The average molecular weight is 237 g/mol. The summed E-state index contributed by atoms with van der Waals surface area (Å²) in [6.07, 6.45) is 1.75. The lowest BCUT2D eigenvalue weighted by atomic mass is 10.2. The fourth-order valence-electron chi connectivity index (χ4n) is 1.53. The lowest BCUT2D eigenvalue weighted by molar-refractivity contribution is 0.545. The molecule has 0 amide bonds. The first-order chi connectivity index (χ1) is 8.77. The molecule has 2 aromatic carbocycles. The van der Waals surface area contributed by atoms with E-state index >= 15 is 0 Å². The van der Waals surface area contributed by atoms with Crippen LogP contribution >= 0.6 is 0 Å². The van der Waals surface area contributed by atoms with Crippen LogP contribution in [0.25, 0.3) is 0 Å². The van der Waals surface area contributed by atoms with Crippen molar-refractivity contribution in [2.24, 2.45) is 5.10 Å². The van der Waals surface area contributed by atoms with Gasteiger partial charge >= 0.3 is 0 Å². The molecule has 3 nitrogen and oxygen atoms in total. The molecule has 90 valence electrons. The van der Waals surface area contributed by atoms with Crippen molar-refractivity contribution < 1.29 is 0 Å². The topological polar surface area (TPSA) is 39.5 Å². The fraction of sp³-hybridized carbons (Fsp3) is 0.0667. The first-order valence-electron chi connectivity index (χ1n) is 5.74. The van der Waals surface area contributed by atoms with Crippen LogP contribution in [0.5, 0.6) is 0 Å². The van der Waals surface area contributed by atoms with Gasteiger partial charge in [-0.25, -0.2) is 0 Å². The highest BCUT2D eigenvalue weighted by Crippen LogP contribution is 2.03. The summed E-state index contributed by atoms with van der Waals surface area (Å²) in [5.41, 5.74) is 1.87. The van der Waals surface area contributed by atoms with Crippen LogP contribution in [0, 0.1) is 5.41 Å². The largest absolute Gasteiger partial charge is 0.283 e. The highest BCUT2D eigenvalue weighted by atomic mass is 15.4. The molecule has 0 bridgehead atoms. The van der Waals surface area contributed by atoms with Crippen LogP contribution < -0.4 is 0 Å². The van der Waals surface area contributed by atoms with Crippen LogP contribution in [0.3, 0.4) is 0 Å². The van der Waals surface area contributed by atoms with Crippen molar-refractivity contribution in [3.8, 4) is 0 Å². The van der Waals surface area contributed by atoms with Gasteiger partial charge in [-0.05, 0) is 5.56 Å². The standard InChI is InChI=1S/C15H15N3/c1-18(15(16)14-10-6-3-7-11-14)17-12-13-8-4-2-5-9-13/h2-12,16H,1H3/b16-15?,17-12+. The van der Waals surface area contributed by atoms with Crippen molar-refractivity contribution in [2.75, 3.05) is 7.05 Å². The molecule has 0 saturated carbocycles. The smallest absolute Gasteiger partial charge is 0.148 e. The van der Waals surface area contributed by atoms with E-state index < -0.39 is 0 Å². The summed E-state index contributed by atoms with van der Waals surface area (Å²) in [5.74, 6) is 0.378. The zero-order chi connectivity index (χ0) is 12.8. The Morgan fingerprint density at radius 1 is 1.00 bits per heavy atom. The number of hydrazone groups is 1. The normalized spacial score (nSPS) is 10.5. The van der Waals surface area contributed by atoms with E-state index in [-0.39, 0.29) is 0 Å². The van der Waals surface area contributed by atoms with E-state index in [9.17, 15) is 0 Å². The Morgan fingerprint density at radius 3 is 2.17 bits per heavy atom. The zero-order valence-corrected chi connectivity index (χ0v) is 10.2. The number of hydrogen-bond donors (Lipinski definition) is 1. The van der Waals surface area contributed by atoms with E-state index in [1.54, 1.807) is 18.3 Å². The fourth-order valence-corrected chi connectivity index (χ4v) is 1.53. The third-order valence-electron chi connectivity index (χ3n) is 2.55. The molecule has 0 radical (unpaired) electrons. The summed E-state index contributed by atoms with van der Waals surface area (Å²) < 4.78 is 0. The lowest BCUT2D eigenvalue weighted by Crippen LogP contribution is -2.21. The minimum absolute atomic E-state index is 0.378. The van der Waals surface area contributed by atoms with Crippen LogP contribution in [-0.4, -0.2) is 24.1 Å². The van der Waals surface area contributed by atoms with Crippen LogP contribution in [0.15, 0.2) is 65.8 Å². The maximum absolute atomic E-state index is 8.01. The molecule has 0 heterocycles. The quantitative estimate of drug-likeness (QED) is 0.497. The predicted molar refractivity (Wildman–Crippen MR) is 75.1 cm³/mol. The van der Waals surface area contributed by atoms with Gasteiger partial charge in [0.15, 0.2) is 0 Å². The van der Waals surface area contributed by atoms with Crippen LogP contribution in [0.4, 0.5) is 0 Å². The van der Waals surface area contributed by atoms with E-state index in [1.807, 2.05) is 60.7 Å². The van der Waals surface area contributed by atoms with Gasteiger partial charge in [0.2, 0.25) is 0 Å². The molecule has 0 aliphatic rings. The first kappa shape index (κ1) is 12.0. The SMILES string of the molecule is CN(/N=C/c1ccccc1)C(=N)c1ccccc1. The van der Waals surface area contributed by atoms with Crippen LogP contribution in [0.2, 0.25) is 0 Å². The average Bonchev–Trinajstić information content (AvgIpc) is 2.46. The Kier molecular flexibility index (Phi) is 3.86. The summed E-state index contributed by atoms with van der Waals surface area (Å²) >= 11 is 0. The van der Waals surface area contributed by atoms with Gasteiger partial charge < -0.3 is 0 Å². The second kappa shape index (κ2) is 5.77. The van der Waals surface area contributed by atoms with E-state index in [2.05, 4.69) is 5.10 Å². The highest BCUT2D eigenvalue weighted by Gasteiger charge is 2.04. The third-order valence-corrected chi connectivity index (χ3v) is 2.55. The molecule has 2 aromatic rings. The molecule has 0 unspecified atom stereocenters. The molecule has 2 rings (SSSR count). The molecular formula is C15H15N3. The first-order valence-corrected chi connectivity index (χ1v) is 5.74. The maximum Gasteiger partial charge on any atom is 0.148 e. The Bertz CT molecular complexity index is 532. The van der Waals surface area contributed by atoms with Gasteiger partial charge in [-0.15, -0.1) is 0 Å². The van der Waals surface area contributed by atoms with Crippen LogP contribution in [-0.2, 0) is 0 Å². The van der Waals surface area contributed by atoms with E-state index in [1.165, 1.54) is 0 Å². The molecule has 18 heavy (non-hydrogen) atoms. The van der Waals surface area contributed by atoms with Gasteiger partial charge in [-0.2, -0.15) is 5.10 Å². The summed E-state index contributed by atoms with van der Waals surface area (Å²) in [4.78, 5) is 0. The van der Waals surface area contributed by atoms with Crippen molar-refractivity contribution in [3.05, 3.63) is 71.8 Å². The molecular weight excluding hydrogens is 222 g/mol. The summed E-state index contributed by atoms with van der Waals surface area (Å²) in [6.45, 7) is 0. The molecule has 3 heteroatoms. The van der Waals surface area contributed by atoms with Gasteiger partial charge in [0.25, 0.3) is 0 Å². The molecule has 0 aromatic heterocycles. The van der Waals surface area contributed by atoms with Crippen molar-refractivity contribution >= 4 is 12.1 Å². The summed E-state index contributed by atoms with van der Waals surface area (Å²) in [7, 11) is 1.77. The van der Waals surface area contributed by atoms with Gasteiger partial charge in [0.05, 0.1) is 6.21 Å². The van der Waals surface area contributed by atoms with Crippen molar-refractivity contribution in [2.45, 2.75) is 0 Å². The molecule has 0 fully saturated rings. The predicted octanol–water partition coefficient (Wildman–Crippen LogP) is 2.98. The Hall–Kier alpha value is -2.42. The maximum atomic E-state index is 8.01. The number of nitrogens with one attached hydrogen (secondary N) is 1. The molecule has 0 saturated heterocycles. The Labute approximate surface area is 107 Å². The third kappa shape index (κ3) is 3.04. The Balaban J connectivity index is 2.07. The van der Waals surface area contributed by atoms with Gasteiger partial charge in [-0.1, -0.05) is 60.7 Å². The highest BCUT2D eigenvalue weighted by molar-refractivity contribution is 5.96. The molecule has 0 aliphatic carbocycles. The van der Waals surface area contributed by atoms with Crippen molar-refractivity contribution in [1.29, 1.82) is 5.41 Å². The Morgan fingerprint density at radius 2 is 1.56 bits per heavy atom. The zero-order valence-electron chi connectivity index (χ0n) is 10.2. The van der Waals surface area contributed by atoms with E-state index in [4.69, 9.17) is 5.41 Å². The minimum atomic E-state index is 0.378. The van der Waals surface area contributed by atoms with Crippen molar-refractivity contribution in [3.63, 3.8) is 0 Å². The lowest BCUT2D eigenvalue weighted by Gasteiger charge is -2.13. The van der Waals surface area contributed by atoms with Gasteiger partial charge in [-0.3, -0.25) is 10.4 Å². The van der Waals surface area contributed by atoms with E-state index in [0.29, 0.717) is 5.84 Å². The number of benzene rings is 2. The number of rotatable bonds is 3. The number of hydrogen-bond acceptors (Lipinski definition) is 2. The second-order valence-electron chi connectivity index (χ2n) is 3.89. The van der Waals surface area contributed by atoms with Crippen molar-refractivity contribution in [1.82, 2.24) is 5.01 Å². The minimum Gasteiger partial charge on any atom is -0.283 e. The molecule has 0 atom stereocenters. The summed E-state index contributed by atoms with van der Waals surface area (Å²) in [6, 6.07) is 19.4. The van der Waals surface area contributed by atoms with Crippen LogP contribution in [0.1, 0.15) is 11.1 Å². The van der Waals surface area contributed by atoms with Gasteiger partial charge in [0.1, 0.15) is 5.84 Å². The monoisotopic (exact) mass is 237 g/mol. The second-order valence-corrected chi connectivity index (χ2v) is 3.89. The molecule has 1 N–H and O–H groups in total. The molecule has 0 aliphatic heterocycles. The summed E-state index contributed by atoms with van der Waals surface area (Å²) in [5, 5.41) is 13.8.